The molecule has 112 valence electrons. The monoisotopic (exact) mass is 303 g/mol. The maximum Gasteiger partial charge on any atom is 0.306 e. The Kier molecular flexibility index (Phi) is 6.06. The first-order valence-corrected chi connectivity index (χ1v) is 5.98. The van der Waals surface area contributed by atoms with Crippen LogP contribution in [0.1, 0.15) is 17.9 Å². The topological polar surface area (TPSA) is 91.0 Å². The van der Waals surface area contributed by atoms with Gasteiger partial charge in [-0.3, -0.25) is 4.79 Å². The summed E-state index contributed by atoms with van der Waals surface area (Å²) in [5, 5.41) is 9.21. The van der Waals surface area contributed by atoms with Gasteiger partial charge in [-0.25, -0.2) is 0 Å². The predicted octanol–water partition coefficient (Wildman–Crippen LogP) is 0.803. The lowest BCUT2D eigenvalue weighted by molar-refractivity contribution is -0.141. The van der Waals surface area contributed by atoms with E-state index in [1.165, 1.54) is 7.11 Å². The molecule has 6 nitrogen and oxygen atoms in total. The van der Waals surface area contributed by atoms with Gasteiger partial charge in [0.1, 0.15) is 0 Å². The fraction of sp³-hybridized carbons (Fsp3) is 0.462. The average Bonchev–Trinajstić information content (AvgIpc) is 2.90. The first-order chi connectivity index (χ1) is 9.15. The SMILES string of the molecule is COC(=O)C[C@H](c1ccc2c(c1)OCO2)[C@@H](N)CO.Cl. The molecule has 7 heteroatoms. The van der Waals surface area contributed by atoms with Gasteiger partial charge in [-0.05, 0) is 17.7 Å². The van der Waals surface area contributed by atoms with Gasteiger partial charge >= 0.3 is 5.97 Å². The molecule has 0 unspecified atom stereocenters. The van der Waals surface area contributed by atoms with Crippen LogP contribution in [-0.2, 0) is 9.53 Å². The highest BCUT2D eigenvalue weighted by Crippen LogP contribution is 2.36. The van der Waals surface area contributed by atoms with Gasteiger partial charge in [0.2, 0.25) is 6.79 Å². The zero-order valence-electron chi connectivity index (χ0n) is 11.1. The summed E-state index contributed by atoms with van der Waals surface area (Å²) in [7, 11) is 1.32. The molecule has 2 rings (SSSR count). The van der Waals surface area contributed by atoms with Crippen LogP contribution in [0.2, 0.25) is 0 Å². The van der Waals surface area contributed by atoms with Crippen molar-refractivity contribution >= 4 is 18.4 Å². The summed E-state index contributed by atoms with van der Waals surface area (Å²) in [5.74, 6) is 0.592. The normalized spacial score (nSPS) is 15.2. The molecule has 2 atom stereocenters. The van der Waals surface area contributed by atoms with Crippen LogP contribution in [0.15, 0.2) is 18.2 Å². The maximum absolute atomic E-state index is 11.4. The second-order valence-electron chi connectivity index (χ2n) is 4.35. The van der Waals surface area contributed by atoms with Gasteiger partial charge in [0.05, 0.1) is 20.1 Å². The van der Waals surface area contributed by atoms with Gasteiger partial charge in [-0.15, -0.1) is 12.4 Å². The first-order valence-electron chi connectivity index (χ1n) is 5.98. The number of fused-ring (bicyclic) bond motifs is 1. The minimum absolute atomic E-state index is 0. The number of nitrogens with two attached hydrogens (primary N) is 1. The molecule has 1 aromatic carbocycles. The predicted molar refractivity (Wildman–Crippen MR) is 74.2 cm³/mol. The van der Waals surface area contributed by atoms with E-state index in [0.29, 0.717) is 11.5 Å². The third kappa shape index (κ3) is 3.53. The fourth-order valence-electron chi connectivity index (χ4n) is 2.05. The van der Waals surface area contributed by atoms with E-state index in [1.807, 2.05) is 6.07 Å². The average molecular weight is 304 g/mol. The molecule has 0 amide bonds. The number of rotatable bonds is 5. The molecule has 3 N–H and O–H groups in total. The number of carbonyl (C=O) groups is 1. The van der Waals surface area contributed by atoms with Crippen LogP contribution in [0.4, 0.5) is 0 Å². The largest absolute Gasteiger partial charge is 0.469 e. The van der Waals surface area contributed by atoms with E-state index in [9.17, 15) is 9.90 Å². The van der Waals surface area contributed by atoms with Crippen molar-refractivity contribution in [1.29, 1.82) is 0 Å². The van der Waals surface area contributed by atoms with Gasteiger partial charge in [0.25, 0.3) is 0 Å². The number of carbonyl (C=O) groups excluding carboxylic acids is 1. The number of hydrogen-bond acceptors (Lipinski definition) is 6. The molecule has 1 aliphatic rings. The number of halogens is 1. The van der Waals surface area contributed by atoms with Gasteiger partial charge in [0.15, 0.2) is 11.5 Å². The molecule has 20 heavy (non-hydrogen) atoms. The fourth-order valence-corrected chi connectivity index (χ4v) is 2.05. The number of hydrogen-bond donors (Lipinski definition) is 2. The molecule has 0 saturated heterocycles. The molecule has 0 spiro atoms. The number of benzene rings is 1. The Morgan fingerprint density at radius 1 is 1.45 bits per heavy atom. The number of methoxy groups -OCH3 is 1. The lowest BCUT2D eigenvalue weighted by Gasteiger charge is -2.22. The van der Waals surface area contributed by atoms with Crippen LogP contribution in [0.5, 0.6) is 11.5 Å². The van der Waals surface area contributed by atoms with Crippen LogP contribution in [0.3, 0.4) is 0 Å². The first kappa shape index (κ1) is 16.6. The highest BCUT2D eigenvalue weighted by atomic mass is 35.5. The van der Waals surface area contributed by atoms with Crippen LogP contribution in [0, 0.1) is 0 Å². The summed E-state index contributed by atoms with van der Waals surface area (Å²) in [6.07, 6.45) is 0.109. The zero-order valence-corrected chi connectivity index (χ0v) is 11.9. The highest BCUT2D eigenvalue weighted by Gasteiger charge is 2.25. The van der Waals surface area contributed by atoms with Gasteiger partial charge < -0.3 is 25.1 Å². The van der Waals surface area contributed by atoms with Crippen LogP contribution >= 0.6 is 12.4 Å². The highest BCUT2D eigenvalue weighted by molar-refractivity contribution is 5.85. The summed E-state index contributed by atoms with van der Waals surface area (Å²) in [6, 6.07) is 4.83. The molecule has 0 radical (unpaired) electrons. The summed E-state index contributed by atoms with van der Waals surface area (Å²) < 4.78 is 15.2. The van der Waals surface area contributed by atoms with E-state index >= 15 is 0 Å². The Balaban J connectivity index is 0.00000200. The minimum atomic E-state index is -0.542. The molecule has 1 aromatic rings. The van der Waals surface area contributed by atoms with Crippen molar-refractivity contribution in [1.82, 2.24) is 0 Å². The van der Waals surface area contributed by atoms with Crippen molar-refractivity contribution in [3.05, 3.63) is 23.8 Å². The summed E-state index contributed by atoms with van der Waals surface area (Å²) >= 11 is 0. The quantitative estimate of drug-likeness (QED) is 0.782. The van der Waals surface area contributed by atoms with E-state index in [1.54, 1.807) is 12.1 Å². The van der Waals surface area contributed by atoms with Crippen molar-refractivity contribution < 1.29 is 24.1 Å². The summed E-state index contributed by atoms with van der Waals surface area (Å²) in [5.41, 5.74) is 6.68. The van der Waals surface area contributed by atoms with Crippen molar-refractivity contribution in [3.8, 4) is 11.5 Å². The molecular formula is C13H18ClNO5. The Morgan fingerprint density at radius 2 is 2.15 bits per heavy atom. The van der Waals surface area contributed by atoms with Crippen molar-refractivity contribution in [3.63, 3.8) is 0 Å². The van der Waals surface area contributed by atoms with Crippen LogP contribution in [-0.4, -0.2) is 37.6 Å². The van der Waals surface area contributed by atoms with Gasteiger partial charge in [-0.1, -0.05) is 6.07 Å². The Labute approximate surface area is 123 Å². The minimum Gasteiger partial charge on any atom is -0.469 e. The van der Waals surface area contributed by atoms with Gasteiger partial charge in [-0.2, -0.15) is 0 Å². The third-order valence-electron chi connectivity index (χ3n) is 3.17. The molecule has 0 aliphatic carbocycles. The zero-order chi connectivity index (χ0) is 13.8. The number of aliphatic hydroxyl groups excluding tert-OH is 1. The Morgan fingerprint density at radius 3 is 2.80 bits per heavy atom. The van der Waals surface area contributed by atoms with E-state index in [-0.39, 0.29) is 44.1 Å². The molecule has 0 fully saturated rings. The second-order valence-corrected chi connectivity index (χ2v) is 4.35. The lowest BCUT2D eigenvalue weighted by atomic mass is 9.89. The number of esters is 1. The van der Waals surface area contributed by atoms with E-state index in [0.717, 1.165) is 5.56 Å². The van der Waals surface area contributed by atoms with Crippen molar-refractivity contribution in [2.45, 2.75) is 18.4 Å². The maximum atomic E-state index is 11.4. The second kappa shape index (κ2) is 7.33. The van der Waals surface area contributed by atoms with Gasteiger partial charge in [0, 0.05) is 12.0 Å². The molecular weight excluding hydrogens is 286 g/mol. The van der Waals surface area contributed by atoms with Crippen molar-refractivity contribution in [2.24, 2.45) is 5.73 Å². The molecule has 0 aromatic heterocycles. The van der Waals surface area contributed by atoms with E-state index in [2.05, 4.69) is 4.74 Å². The molecule has 1 heterocycles. The Bertz CT molecular complexity index is 468. The number of aliphatic hydroxyl groups is 1. The molecule has 0 saturated carbocycles. The molecule has 0 bridgehead atoms. The Hall–Kier alpha value is -1.50. The smallest absolute Gasteiger partial charge is 0.306 e. The lowest BCUT2D eigenvalue weighted by Crippen LogP contribution is -2.33. The summed E-state index contributed by atoms with van der Waals surface area (Å²) in [4.78, 5) is 11.4. The van der Waals surface area contributed by atoms with Crippen LogP contribution < -0.4 is 15.2 Å². The van der Waals surface area contributed by atoms with Crippen LogP contribution in [0.25, 0.3) is 0 Å². The van der Waals surface area contributed by atoms with Crippen molar-refractivity contribution in [2.75, 3.05) is 20.5 Å². The number of ether oxygens (including phenoxy) is 3. The van der Waals surface area contributed by atoms with E-state index < -0.39 is 6.04 Å². The summed E-state index contributed by atoms with van der Waals surface area (Å²) in [6.45, 7) is -0.0252. The van der Waals surface area contributed by atoms with E-state index in [4.69, 9.17) is 15.2 Å². The third-order valence-corrected chi connectivity index (χ3v) is 3.17. The standard InChI is InChI=1S/C13H17NO5.ClH/c1-17-13(16)5-9(10(14)6-15)8-2-3-11-12(4-8)19-7-18-11;/h2-4,9-10,15H,5-7,14H2,1H3;1H/t9-,10+;/m1./s1. The molecule has 1 aliphatic heterocycles.